The van der Waals surface area contributed by atoms with Gasteiger partial charge in [-0.05, 0) is 76.9 Å². The van der Waals surface area contributed by atoms with Crippen LogP contribution >= 0.6 is 0 Å². The highest BCUT2D eigenvalue weighted by Crippen LogP contribution is 2.39. The summed E-state index contributed by atoms with van der Waals surface area (Å²) in [6, 6.07) is 54.2. The van der Waals surface area contributed by atoms with E-state index in [-0.39, 0.29) is 0 Å². The Morgan fingerprint density at radius 1 is 0.373 bits per heavy atom. The first-order valence-corrected chi connectivity index (χ1v) is 16.9. The highest BCUT2D eigenvalue weighted by atomic mass is 16.3. The van der Waals surface area contributed by atoms with Crippen molar-refractivity contribution in [3.05, 3.63) is 170 Å². The van der Waals surface area contributed by atoms with Crippen LogP contribution in [-0.2, 0) is 0 Å². The van der Waals surface area contributed by atoms with Crippen LogP contribution in [0.5, 0.6) is 0 Å². The lowest BCUT2D eigenvalue weighted by Gasteiger charge is -2.14. The van der Waals surface area contributed by atoms with Crippen LogP contribution in [-0.4, -0.2) is 19.9 Å². The summed E-state index contributed by atoms with van der Waals surface area (Å²) >= 11 is 0. The van der Waals surface area contributed by atoms with Gasteiger partial charge in [-0.1, -0.05) is 103 Å². The molecule has 0 fully saturated rings. The second kappa shape index (κ2) is 11.9. The van der Waals surface area contributed by atoms with Gasteiger partial charge in [-0.3, -0.25) is 9.97 Å². The first kappa shape index (κ1) is 29.0. The summed E-state index contributed by atoms with van der Waals surface area (Å²) in [5.41, 5.74) is 13.6. The monoisotopic (exact) mass is 652 g/mol. The van der Waals surface area contributed by atoms with Crippen molar-refractivity contribution >= 4 is 43.8 Å². The van der Waals surface area contributed by atoms with Gasteiger partial charge in [0.05, 0.1) is 22.2 Å². The molecule has 10 aromatic rings. The SMILES string of the molecule is c1ccc(-c2ccc3ccc4cc(-c5ccc(-c6ccc7nc(-c8ccccc8)oc7c6)cc5-c5cnc6ccccc6c5)cnc4c3n2)cc1. The predicted octanol–water partition coefficient (Wildman–Crippen LogP) is 11.8. The molecule has 0 bridgehead atoms. The largest absolute Gasteiger partial charge is 0.436 e. The molecule has 4 aromatic heterocycles. The highest BCUT2D eigenvalue weighted by Gasteiger charge is 2.15. The van der Waals surface area contributed by atoms with Crippen LogP contribution in [0, 0.1) is 0 Å². The van der Waals surface area contributed by atoms with Crippen molar-refractivity contribution in [1.82, 2.24) is 19.9 Å². The summed E-state index contributed by atoms with van der Waals surface area (Å²) in [4.78, 5) is 19.7. The number of benzene rings is 6. The Bertz CT molecular complexity index is 2920. The van der Waals surface area contributed by atoms with E-state index in [9.17, 15) is 0 Å². The van der Waals surface area contributed by atoms with Gasteiger partial charge < -0.3 is 4.42 Å². The number of pyridine rings is 3. The molecule has 238 valence electrons. The van der Waals surface area contributed by atoms with Crippen molar-refractivity contribution in [3.63, 3.8) is 0 Å². The number of rotatable bonds is 5. The van der Waals surface area contributed by atoms with Crippen LogP contribution in [0.3, 0.4) is 0 Å². The molecule has 0 amide bonds. The van der Waals surface area contributed by atoms with Gasteiger partial charge in [0.1, 0.15) is 5.52 Å². The first-order chi connectivity index (χ1) is 25.2. The summed E-state index contributed by atoms with van der Waals surface area (Å²) < 4.78 is 6.24. The lowest BCUT2D eigenvalue weighted by atomic mass is 9.91. The number of para-hydroxylation sites is 1. The second-order valence-corrected chi connectivity index (χ2v) is 12.7. The Hall–Kier alpha value is -6.98. The average Bonchev–Trinajstić information content (AvgIpc) is 3.64. The number of fused-ring (bicyclic) bond motifs is 5. The fourth-order valence-corrected chi connectivity index (χ4v) is 6.94. The topological polar surface area (TPSA) is 64.7 Å². The van der Waals surface area contributed by atoms with E-state index in [1.54, 1.807) is 0 Å². The zero-order chi connectivity index (χ0) is 33.7. The van der Waals surface area contributed by atoms with Crippen molar-refractivity contribution in [1.29, 1.82) is 0 Å². The van der Waals surface area contributed by atoms with E-state index < -0.39 is 0 Å². The standard InChI is InChI=1S/C46H28N4O/c1-3-9-29(10-4-1)41-21-18-30-15-16-35-24-36(28-48-44(35)45(30)49-41)38-20-17-32(25-39(38)37-23-34-13-7-8-14-40(34)47-27-37)33-19-22-42-43(26-33)51-46(50-42)31-11-5-2-6-12-31/h1-28H. The minimum atomic E-state index is 0.615. The van der Waals surface area contributed by atoms with Crippen LogP contribution in [0.2, 0.25) is 0 Å². The molecule has 51 heavy (non-hydrogen) atoms. The lowest BCUT2D eigenvalue weighted by Crippen LogP contribution is -1.92. The molecule has 0 radical (unpaired) electrons. The molecular weight excluding hydrogens is 625 g/mol. The third-order valence-electron chi connectivity index (χ3n) is 9.55. The van der Waals surface area contributed by atoms with Crippen LogP contribution < -0.4 is 0 Å². The number of oxazole rings is 1. The maximum absolute atomic E-state index is 6.24. The normalized spacial score (nSPS) is 11.5. The van der Waals surface area contributed by atoms with Crippen LogP contribution in [0.15, 0.2) is 175 Å². The third kappa shape index (κ3) is 5.20. The summed E-state index contributed by atoms with van der Waals surface area (Å²) in [6.07, 6.45) is 3.94. The van der Waals surface area contributed by atoms with Gasteiger partial charge in [-0.2, -0.15) is 0 Å². The lowest BCUT2D eigenvalue weighted by molar-refractivity contribution is 0.620. The molecule has 5 heteroatoms. The van der Waals surface area contributed by atoms with Crippen LogP contribution in [0.25, 0.3) is 99.9 Å². The van der Waals surface area contributed by atoms with E-state index in [0.717, 1.165) is 94.0 Å². The van der Waals surface area contributed by atoms with Gasteiger partial charge in [0.2, 0.25) is 5.89 Å². The summed E-state index contributed by atoms with van der Waals surface area (Å²) in [5, 5.41) is 3.19. The van der Waals surface area contributed by atoms with Gasteiger partial charge in [0.15, 0.2) is 5.58 Å². The van der Waals surface area contributed by atoms with Crippen molar-refractivity contribution < 1.29 is 4.42 Å². The van der Waals surface area contributed by atoms with Gasteiger partial charge in [0, 0.05) is 50.8 Å². The van der Waals surface area contributed by atoms with Crippen molar-refractivity contribution in [3.8, 4) is 56.1 Å². The molecule has 0 spiro atoms. The van der Waals surface area contributed by atoms with E-state index in [2.05, 4.69) is 91.0 Å². The quantitative estimate of drug-likeness (QED) is 0.173. The van der Waals surface area contributed by atoms with Crippen LogP contribution in [0.1, 0.15) is 0 Å². The summed E-state index contributed by atoms with van der Waals surface area (Å²) in [7, 11) is 0. The predicted molar refractivity (Wildman–Crippen MR) is 207 cm³/mol. The van der Waals surface area contributed by atoms with Gasteiger partial charge in [-0.15, -0.1) is 0 Å². The molecular formula is C46H28N4O. The van der Waals surface area contributed by atoms with Crippen molar-refractivity contribution in [2.24, 2.45) is 0 Å². The molecule has 0 aliphatic heterocycles. The Labute approximate surface area is 293 Å². The number of hydrogen-bond acceptors (Lipinski definition) is 5. The van der Waals surface area contributed by atoms with E-state index in [1.807, 2.05) is 79.1 Å². The second-order valence-electron chi connectivity index (χ2n) is 12.7. The Morgan fingerprint density at radius 3 is 1.94 bits per heavy atom. The Kier molecular flexibility index (Phi) is 6.74. The highest BCUT2D eigenvalue weighted by molar-refractivity contribution is 6.05. The zero-order valence-electron chi connectivity index (χ0n) is 27.4. The molecule has 0 unspecified atom stereocenters. The molecule has 0 aliphatic rings. The molecule has 0 saturated heterocycles. The number of aromatic nitrogens is 4. The molecule has 6 aromatic carbocycles. The minimum absolute atomic E-state index is 0.615. The van der Waals surface area contributed by atoms with E-state index in [4.69, 9.17) is 24.4 Å². The minimum Gasteiger partial charge on any atom is -0.436 e. The van der Waals surface area contributed by atoms with Gasteiger partial charge >= 0.3 is 0 Å². The molecule has 0 saturated carbocycles. The third-order valence-corrected chi connectivity index (χ3v) is 9.55. The van der Waals surface area contributed by atoms with E-state index >= 15 is 0 Å². The first-order valence-electron chi connectivity index (χ1n) is 16.9. The fraction of sp³-hybridized carbons (Fsp3) is 0. The van der Waals surface area contributed by atoms with Crippen molar-refractivity contribution in [2.75, 3.05) is 0 Å². The Balaban J connectivity index is 1.11. The van der Waals surface area contributed by atoms with Gasteiger partial charge in [0.25, 0.3) is 0 Å². The molecule has 0 atom stereocenters. The molecule has 0 N–H and O–H groups in total. The Morgan fingerprint density at radius 2 is 1.06 bits per heavy atom. The summed E-state index contributed by atoms with van der Waals surface area (Å²) in [5.74, 6) is 0.615. The fourth-order valence-electron chi connectivity index (χ4n) is 6.94. The summed E-state index contributed by atoms with van der Waals surface area (Å²) in [6.45, 7) is 0. The number of nitrogens with zero attached hydrogens (tertiary/aromatic N) is 4. The molecule has 0 aliphatic carbocycles. The molecule has 5 nitrogen and oxygen atoms in total. The maximum Gasteiger partial charge on any atom is 0.227 e. The van der Waals surface area contributed by atoms with Crippen LogP contribution in [0.4, 0.5) is 0 Å². The van der Waals surface area contributed by atoms with Gasteiger partial charge in [-0.25, -0.2) is 9.97 Å². The molecule has 10 rings (SSSR count). The van der Waals surface area contributed by atoms with E-state index in [0.29, 0.717) is 5.89 Å². The van der Waals surface area contributed by atoms with Crippen molar-refractivity contribution in [2.45, 2.75) is 0 Å². The average molecular weight is 653 g/mol. The van der Waals surface area contributed by atoms with E-state index in [1.165, 1.54) is 0 Å². The maximum atomic E-state index is 6.24. The number of hydrogen-bond donors (Lipinski definition) is 0. The smallest absolute Gasteiger partial charge is 0.227 e. The zero-order valence-corrected chi connectivity index (χ0v) is 27.4. The molecule has 4 heterocycles.